The van der Waals surface area contributed by atoms with Gasteiger partial charge in [-0.3, -0.25) is 9.59 Å². The number of ketones is 1. The first-order chi connectivity index (χ1) is 29.0. The highest BCUT2D eigenvalue weighted by molar-refractivity contribution is 6.10. The van der Waals surface area contributed by atoms with Gasteiger partial charge < -0.3 is 24.6 Å². The van der Waals surface area contributed by atoms with Crippen LogP contribution in [0, 0.1) is 28.6 Å². The summed E-state index contributed by atoms with van der Waals surface area (Å²) in [7, 11) is 3.16. The lowest BCUT2D eigenvalue weighted by Crippen LogP contribution is -2.58. The highest BCUT2D eigenvalue weighted by atomic mass is 19.4. The SMILES string of the molecule is COc1ccc(CC(=O)N(CC23CC4CC(CC(C4)C2)C3)CC2(O)CCC3c4ccc(cc4C(=O)c4cccc(C(F)(F)F)c4)CC(O)CCC(C)=CCCC32C)cc1OC. The van der Waals surface area contributed by atoms with Gasteiger partial charge in [-0.05, 0) is 167 Å². The van der Waals surface area contributed by atoms with Crippen LogP contribution in [-0.2, 0) is 23.8 Å². The summed E-state index contributed by atoms with van der Waals surface area (Å²) in [5, 5.41) is 24.5. The average molecular weight is 842 g/mol. The standard InChI is InChI=1S/C51H62F3NO6/c1-32-7-6-17-48(2)43(41-14-11-33(22-40(56)13-10-32)23-42(41)47(58)38-8-5-9-39(26-38)51(52,53)54)16-18-50(48,59)31-55(30-49-27-35-19-36(28-49)21-37(20-35)29-49)46(57)25-34-12-15-44(60-3)45(24-34)61-4/h5,7-9,11-12,14-15,23-24,26,35-37,40,43,56,59H,6,10,13,16-22,25,27-31H2,1-4H3. The molecule has 10 heteroatoms. The molecule has 0 saturated heterocycles. The highest BCUT2D eigenvalue weighted by Crippen LogP contribution is 2.62. The van der Waals surface area contributed by atoms with E-state index in [4.69, 9.17) is 9.47 Å². The molecule has 0 spiro atoms. The van der Waals surface area contributed by atoms with E-state index in [1.54, 1.807) is 20.3 Å². The first-order valence-electron chi connectivity index (χ1n) is 22.4. The minimum absolute atomic E-state index is 0.00528. The van der Waals surface area contributed by atoms with Gasteiger partial charge in [0, 0.05) is 29.6 Å². The van der Waals surface area contributed by atoms with Crippen LogP contribution in [0.4, 0.5) is 13.2 Å². The van der Waals surface area contributed by atoms with Crippen molar-refractivity contribution in [1.29, 1.82) is 0 Å². The molecule has 3 aromatic carbocycles. The summed E-state index contributed by atoms with van der Waals surface area (Å²) in [4.78, 5) is 31.4. The fraction of sp³-hybridized carbons (Fsp3) is 0.569. The number of benzene rings is 3. The molecule has 5 fully saturated rings. The molecule has 7 nitrogen and oxygen atoms in total. The monoisotopic (exact) mass is 841 g/mol. The van der Waals surface area contributed by atoms with E-state index in [2.05, 4.69) is 19.9 Å². The molecule has 7 aliphatic carbocycles. The minimum atomic E-state index is -4.62. The normalized spacial score (nSPS) is 31.0. The van der Waals surface area contributed by atoms with Crippen molar-refractivity contribution in [2.24, 2.45) is 28.6 Å². The number of carbonyl (C=O) groups excluding carboxylic acids is 2. The third-order valence-corrected chi connectivity index (χ3v) is 15.7. The number of aliphatic hydroxyl groups excluding tert-OH is 1. The predicted molar refractivity (Wildman–Crippen MR) is 229 cm³/mol. The molecule has 10 rings (SSSR count). The Bertz CT molecular complexity index is 2130. The zero-order valence-corrected chi connectivity index (χ0v) is 36.2. The van der Waals surface area contributed by atoms with E-state index in [1.807, 2.05) is 35.2 Å². The summed E-state index contributed by atoms with van der Waals surface area (Å²) in [6, 6.07) is 15.7. The summed E-state index contributed by atoms with van der Waals surface area (Å²) in [6.07, 6.45) is 7.76. The molecule has 4 unspecified atom stereocenters. The van der Waals surface area contributed by atoms with Crippen LogP contribution in [0.5, 0.6) is 11.5 Å². The number of allylic oxidation sites excluding steroid dienone is 2. The van der Waals surface area contributed by atoms with Crippen molar-refractivity contribution in [3.63, 3.8) is 0 Å². The Balaban J connectivity index is 1.19. The maximum Gasteiger partial charge on any atom is 0.416 e. The molecule has 61 heavy (non-hydrogen) atoms. The van der Waals surface area contributed by atoms with Gasteiger partial charge in [0.15, 0.2) is 17.3 Å². The summed E-state index contributed by atoms with van der Waals surface area (Å²) < 4.78 is 52.8. The van der Waals surface area contributed by atoms with Crippen molar-refractivity contribution in [1.82, 2.24) is 4.90 Å². The van der Waals surface area contributed by atoms with E-state index in [1.165, 1.54) is 31.4 Å². The highest BCUT2D eigenvalue weighted by Gasteiger charge is 2.59. The van der Waals surface area contributed by atoms with Gasteiger partial charge in [-0.1, -0.05) is 48.9 Å². The molecule has 4 atom stereocenters. The van der Waals surface area contributed by atoms with Crippen molar-refractivity contribution >= 4 is 11.7 Å². The number of nitrogens with zero attached hydrogens (tertiary/aromatic N) is 1. The lowest BCUT2D eigenvalue weighted by molar-refractivity contribution is -0.148. The molecule has 328 valence electrons. The number of fused-ring (bicyclic) bond motifs is 8. The van der Waals surface area contributed by atoms with E-state index >= 15 is 0 Å². The predicted octanol–water partition coefficient (Wildman–Crippen LogP) is 10.3. The molecular formula is C51H62F3NO6. The van der Waals surface area contributed by atoms with Gasteiger partial charge in [0.1, 0.15) is 0 Å². The Labute approximate surface area is 358 Å². The summed E-state index contributed by atoms with van der Waals surface area (Å²) in [5.74, 6) is 2.24. The Hall–Kier alpha value is -4.15. The average Bonchev–Trinajstić information content (AvgIpc) is 3.46. The number of hydrogen-bond donors (Lipinski definition) is 2. The molecule has 7 aliphatic rings. The number of rotatable bonds is 10. The van der Waals surface area contributed by atoms with Crippen molar-refractivity contribution in [3.05, 3.63) is 106 Å². The number of alkyl halides is 3. The Morgan fingerprint density at radius 3 is 2.25 bits per heavy atom. The molecule has 1 amide bonds. The second-order valence-electron chi connectivity index (χ2n) is 19.9. The maximum absolute atomic E-state index is 14.9. The van der Waals surface area contributed by atoms with Gasteiger partial charge in [0.25, 0.3) is 0 Å². The zero-order valence-electron chi connectivity index (χ0n) is 36.2. The third kappa shape index (κ3) is 8.78. The van der Waals surface area contributed by atoms with E-state index in [9.17, 15) is 33.0 Å². The fourth-order valence-corrected chi connectivity index (χ4v) is 12.9. The number of halogens is 3. The van der Waals surface area contributed by atoms with Crippen molar-refractivity contribution in [3.8, 4) is 11.5 Å². The molecule has 0 radical (unpaired) electrons. The van der Waals surface area contributed by atoms with Crippen LogP contribution in [0.15, 0.2) is 72.3 Å². The summed E-state index contributed by atoms with van der Waals surface area (Å²) in [6.45, 7) is 4.88. The first-order valence-corrected chi connectivity index (χ1v) is 22.4. The zero-order chi connectivity index (χ0) is 43.3. The number of methoxy groups -OCH3 is 2. The van der Waals surface area contributed by atoms with Gasteiger partial charge in [0.05, 0.1) is 37.9 Å². The van der Waals surface area contributed by atoms with Crippen LogP contribution in [0.1, 0.15) is 135 Å². The topological polar surface area (TPSA) is 96.3 Å². The molecule has 2 N–H and O–H groups in total. The van der Waals surface area contributed by atoms with Crippen molar-refractivity contribution in [2.45, 2.75) is 128 Å². The van der Waals surface area contributed by atoms with Crippen LogP contribution >= 0.6 is 0 Å². The van der Waals surface area contributed by atoms with Gasteiger partial charge in [0.2, 0.25) is 5.91 Å². The van der Waals surface area contributed by atoms with E-state index < -0.39 is 34.6 Å². The molecule has 0 aromatic heterocycles. The van der Waals surface area contributed by atoms with Crippen LogP contribution < -0.4 is 9.47 Å². The Morgan fingerprint density at radius 2 is 1.57 bits per heavy atom. The fourth-order valence-electron chi connectivity index (χ4n) is 12.9. The third-order valence-electron chi connectivity index (χ3n) is 15.7. The number of carbonyl (C=O) groups is 2. The van der Waals surface area contributed by atoms with Gasteiger partial charge in [-0.15, -0.1) is 0 Å². The first kappa shape index (κ1) is 43.5. The van der Waals surface area contributed by atoms with E-state index in [0.717, 1.165) is 48.1 Å². The molecular weight excluding hydrogens is 780 g/mol. The van der Waals surface area contributed by atoms with E-state index in [0.29, 0.717) is 91.9 Å². The molecule has 6 bridgehead atoms. The lowest BCUT2D eigenvalue weighted by atomic mass is 9.49. The van der Waals surface area contributed by atoms with Gasteiger partial charge >= 0.3 is 6.18 Å². The maximum atomic E-state index is 14.9. The molecule has 3 aromatic rings. The van der Waals surface area contributed by atoms with Crippen LogP contribution in [-0.4, -0.2) is 65.8 Å². The van der Waals surface area contributed by atoms with Gasteiger partial charge in [-0.2, -0.15) is 13.2 Å². The smallest absolute Gasteiger partial charge is 0.416 e. The second kappa shape index (κ2) is 16.9. The second-order valence-corrected chi connectivity index (χ2v) is 19.9. The molecule has 5 saturated carbocycles. The number of amides is 1. The Kier molecular flexibility index (Phi) is 12.0. The lowest BCUT2D eigenvalue weighted by Gasteiger charge is -2.58. The van der Waals surface area contributed by atoms with E-state index in [-0.39, 0.29) is 35.8 Å². The molecule has 0 aliphatic heterocycles. The number of ether oxygens (including phenoxy) is 2. The van der Waals surface area contributed by atoms with Crippen molar-refractivity contribution in [2.75, 3.05) is 27.3 Å². The number of aliphatic hydroxyl groups is 2. The number of hydrogen-bond acceptors (Lipinski definition) is 6. The summed E-state index contributed by atoms with van der Waals surface area (Å²) in [5.41, 5.74) is 0.512. The summed E-state index contributed by atoms with van der Waals surface area (Å²) >= 11 is 0. The van der Waals surface area contributed by atoms with Gasteiger partial charge in [-0.25, -0.2) is 0 Å². The van der Waals surface area contributed by atoms with Crippen LogP contribution in [0.25, 0.3) is 0 Å². The Morgan fingerprint density at radius 1 is 0.869 bits per heavy atom. The minimum Gasteiger partial charge on any atom is -0.493 e. The van der Waals surface area contributed by atoms with Crippen LogP contribution in [0.2, 0.25) is 0 Å². The van der Waals surface area contributed by atoms with Crippen molar-refractivity contribution < 1.29 is 42.4 Å². The molecule has 0 heterocycles. The van der Waals surface area contributed by atoms with Crippen LogP contribution in [0.3, 0.4) is 0 Å². The quantitative estimate of drug-likeness (QED) is 0.156. The largest absolute Gasteiger partial charge is 0.493 e.